The van der Waals surface area contributed by atoms with Gasteiger partial charge in [-0.2, -0.15) is 0 Å². The third-order valence-corrected chi connectivity index (χ3v) is 4.73. The van der Waals surface area contributed by atoms with Crippen LogP contribution in [0.4, 0.5) is 5.13 Å². The zero-order valence-electron chi connectivity index (χ0n) is 12.4. The lowest BCUT2D eigenvalue weighted by molar-refractivity contribution is 0.161. The fourth-order valence-electron chi connectivity index (χ4n) is 2.39. The van der Waals surface area contributed by atoms with Crippen LogP contribution in [-0.4, -0.2) is 37.8 Å². The summed E-state index contributed by atoms with van der Waals surface area (Å²) in [6.07, 6.45) is 1.21. The summed E-state index contributed by atoms with van der Waals surface area (Å²) in [5.41, 5.74) is 1.17. The van der Waals surface area contributed by atoms with E-state index in [2.05, 4.69) is 31.0 Å². The molecule has 2 heterocycles. The van der Waals surface area contributed by atoms with Gasteiger partial charge in [0.1, 0.15) is 0 Å². The number of nitrogens with one attached hydrogen (secondary N) is 1. The molecule has 0 spiro atoms. The minimum Gasteiger partial charge on any atom is -0.384 e. The zero-order valence-corrected chi connectivity index (χ0v) is 13.2. The lowest BCUT2D eigenvalue weighted by Crippen LogP contribution is -2.21. The van der Waals surface area contributed by atoms with Crippen molar-refractivity contribution in [2.75, 3.05) is 31.7 Å². The summed E-state index contributed by atoms with van der Waals surface area (Å²) in [5, 5.41) is 4.64. The van der Waals surface area contributed by atoms with E-state index in [0.29, 0.717) is 12.0 Å². The van der Waals surface area contributed by atoms with Crippen LogP contribution in [0.1, 0.15) is 30.8 Å². The second-order valence-corrected chi connectivity index (χ2v) is 6.66. The van der Waals surface area contributed by atoms with Gasteiger partial charge in [0.2, 0.25) is 0 Å². The summed E-state index contributed by atoms with van der Waals surface area (Å²) < 4.78 is 5.25. The molecule has 0 aliphatic carbocycles. The highest BCUT2D eigenvalue weighted by molar-refractivity contribution is 7.15. The molecule has 1 N–H and O–H groups in total. The number of hydrogen-bond acceptors (Lipinski definition) is 5. The number of rotatable bonds is 6. The third-order valence-electron chi connectivity index (χ3n) is 3.51. The van der Waals surface area contributed by atoms with E-state index in [1.807, 2.05) is 11.3 Å². The molecule has 1 aromatic rings. The maximum absolute atomic E-state index is 5.25. The van der Waals surface area contributed by atoms with Gasteiger partial charge < -0.3 is 15.0 Å². The van der Waals surface area contributed by atoms with E-state index in [4.69, 9.17) is 9.72 Å². The first-order valence-electron chi connectivity index (χ1n) is 7.03. The van der Waals surface area contributed by atoms with Gasteiger partial charge in [-0.1, -0.05) is 13.8 Å². The molecule has 0 bridgehead atoms. The Morgan fingerprint density at radius 3 is 3.00 bits per heavy atom. The minimum absolute atomic E-state index is 0.517. The highest BCUT2D eigenvalue weighted by Gasteiger charge is 2.25. The molecule has 1 fully saturated rings. The van der Waals surface area contributed by atoms with Crippen molar-refractivity contribution in [2.45, 2.75) is 39.8 Å². The quantitative estimate of drug-likeness (QED) is 0.870. The Hall–Kier alpha value is -0.650. The fraction of sp³-hybridized carbons (Fsp3) is 0.786. The van der Waals surface area contributed by atoms with E-state index in [9.17, 15) is 0 Å². The fourth-order valence-corrected chi connectivity index (χ4v) is 3.43. The maximum atomic E-state index is 5.25. The molecule has 2 rings (SSSR count). The molecule has 0 aromatic carbocycles. The Kier molecular flexibility index (Phi) is 5.19. The van der Waals surface area contributed by atoms with Gasteiger partial charge in [0.25, 0.3) is 0 Å². The Morgan fingerprint density at radius 2 is 2.32 bits per heavy atom. The molecular weight excluding hydrogens is 258 g/mol. The SMILES string of the molecule is COCC1CCN(c2nc(C)c(CNC(C)C)s2)C1. The van der Waals surface area contributed by atoms with Crippen molar-refractivity contribution in [2.24, 2.45) is 5.92 Å². The van der Waals surface area contributed by atoms with E-state index < -0.39 is 0 Å². The van der Waals surface area contributed by atoms with Crippen molar-refractivity contribution in [3.8, 4) is 0 Å². The van der Waals surface area contributed by atoms with Crippen LogP contribution in [0.2, 0.25) is 0 Å². The molecule has 1 unspecified atom stereocenters. The van der Waals surface area contributed by atoms with E-state index in [-0.39, 0.29) is 0 Å². The van der Waals surface area contributed by atoms with Gasteiger partial charge in [0, 0.05) is 43.6 Å². The van der Waals surface area contributed by atoms with Gasteiger partial charge in [-0.3, -0.25) is 0 Å². The first-order valence-corrected chi connectivity index (χ1v) is 7.85. The molecule has 1 aliphatic rings. The van der Waals surface area contributed by atoms with E-state index in [1.54, 1.807) is 7.11 Å². The van der Waals surface area contributed by atoms with Crippen molar-refractivity contribution in [3.63, 3.8) is 0 Å². The Bertz CT molecular complexity index is 405. The predicted octanol–water partition coefficient (Wildman–Crippen LogP) is 2.42. The summed E-state index contributed by atoms with van der Waals surface area (Å²) in [5.74, 6) is 0.659. The summed E-state index contributed by atoms with van der Waals surface area (Å²) in [6.45, 7) is 10.4. The number of anilines is 1. The van der Waals surface area contributed by atoms with Crippen LogP contribution in [0, 0.1) is 12.8 Å². The average Bonchev–Trinajstić information content (AvgIpc) is 2.94. The second-order valence-electron chi connectivity index (χ2n) is 5.60. The molecular formula is C14H25N3OS. The molecule has 1 atom stereocenters. The number of methoxy groups -OCH3 is 1. The molecule has 1 aromatic heterocycles. The van der Waals surface area contributed by atoms with Crippen LogP contribution >= 0.6 is 11.3 Å². The highest BCUT2D eigenvalue weighted by Crippen LogP contribution is 2.30. The maximum Gasteiger partial charge on any atom is 0.185 e. The molecule has 19 heavy (non-hydrogen) atoms. The van der Waals surface area contributed by atoms with Gasteiger partial charge in [-0.15, -0.1) is 11.3 Å². The van der Waals surface area contributed by atoms with E-state index >= 15 is 0 Å². The molecule has 4 nitrogen and oxygen atoms in total. The van der Waals surface area contributed by atoms with Gasteiger partial charge in [0.05, 0.1) is 12.3 Å². The third kappa shape index (κ3) is 3.91. The monoisotopic (exact) mass is 283 g/mol. The van der Waals surface area contributed by atoms with Crippen LogP contribution in [-0.2, 0) is 11.3 Å². The normalized spacial score (nSPS) is 19.6. The molecule has 0 radical (unpaired) electrons. The van der Waals surface area contributed by atoms with Crippen LogP contribution in [0.3, 0.4) is 0 Å². The predicted molar refractivity (Wildman–Crippen MR) is 81.0 cm³/mol. The van der Waals surface area contributed by atoms with Crippen LogP contribution in [0.5, 0.6) is 0 Å². The largest absolute Gasteiger partial charge is 0.384 e. The number of ether oxygens (including phenoxy) is 1. The second kappa shape index (κ2) is 6.68. The summed E-state index contributed by atoms with van der Waals surface area (Å²) >= 11 is 1.83. The Labute approximate surface area is 120 Å². The van der Waals surface area contributed by atoms with Crippen LogP contribution in [0.15, 0.2) is 0 Å². The summed E-state index contributed by atoms with van der Waals surface area (Å²) in [7, 11) is 1.78. The van der Waals surface area contributed by atoms with Crippen molar-refractivity contribution in [1.82, 2.24) is 10.3 Å². The molecule has 0 saturated carbocycles. The van der Waals surface area contributed by atoms with E-state index in [0.717, 1.165) is 26.2 Å². The van der Waals surface area contributed by atoms with Crippen molar-refractivity contribution in [3.05, 3.63) is 10.6 Å². The van der Waals surface area contributed by atoms with Crippen LogP contribution in [0.25, 0.3) is 0 Å². The molecule has 108 valence electrons. The first-order chi connectivity index (χ1) is 9.10. The molecule has 1 saturated heterocycles. The Morgan fingerprint density at radius 1 is 1.53 bits per heavy atom. The average molecular weight is 283 g/mol. The van der Waals surface area contributed by atoms with Gasteiger partial charge in [0.15, 0.2) is 5.13 Å². The molecule has 1 aliphatic heterocycles. The van der Waals surface area contributed by atoms with Gasteiger partial charge >= 0.3 is 0 Å². The molecule has 0 amide bonds. The number of aromatic nitrogens is 1. The van der Waals surface area contributed by atoms with Crippen molar-refractivity contribution in [1.29, 1.82) is 0 Å². The lowest BCUT2D eigenvalue weighted by Gasteiger charge is -2.14. The summed E-state index contributed by atoms with van der Waals surface area (Å²) in [4.78, 5) is 8.49. The smallest absolute Gasteiger partial charge is 0.185 e. The topological polar surface area (TPSA) is 37.4 Å². The zero-order chi connectivity index (χ0) is 13.8. The van der Waals surface area contributed by atoms with E-state index in [1.165, 1.54) is 22.1 Å². The number of thiazole rings is 1. The van der Waals surface area contributed by atoms with Gasteiger partial charge in [-0.25, -0.2) is 4.98 Å². The van der Waals surface area contributed by atoms with Crippen molar-refractivity contribution >= 4 is 16.5 Å². The number of nitrogens with zero attached hydrogens (tertiary/aromatic N) is 2. The Balaban J connectivity index is 1.96. The molecule has 5 heteroatoms. The van der Waals surface area contributed by atoms with Crippen molar-refractivity contribution < 1.29 is 4.74 Å². The van der Waals surface area contributed by atoms with Crippen LogP contribution < -0.4 is 10.2 Å². The highest BCUT2D eigenvalue weighted by atomic mass is 32.1. The van der Waals surface area contributed by atoms with Gasteiger partial charge in [-0.05, 0) is 13.3 Å². The number of hydrogen-bond donors (Lipinski definition) is 1. The first kappa shape index (κ1) is 14.8. The minimum atomic E-state index is 0.517. The number of aryl methyl sites for hydroxylation is 1. The lowest BCUT2D eigenvalue weighted by atomic mass is 10.1. The summed E-state index contributed by atoms with van der Waals surface area (Å²) in [6, 6.07) is 0.517. The standard InChI is InChI=1S/C14H25N3OS/c1-10(2)15-7-13-11(3)16-14(19-13)17-6-5-12(8-17)9-18-4/h10,12,15H,5-9H2,1-4H3.